The van der Waals surface area contributed by atoms with Gasteiger partial charge in [0.15, 0.2) is 0 Å². The maximum atomic E-state index is 13.6. The molecule has 1 saturated carbocycles. The van der Waals surface area contributed by atoms with Crippen molar-refractivity contribution in [3.63, 3.8) is 0 Å². The molecule has 2 heterocycles. The molecule has 1 aliphatic rings. The molecule has 4 rings (SSSR count). The SMILES string of the molecule is COc1ccccc1N(C(=O)CNC(=O)c1cccs1)[C@@H](C(=O)NC1CCCC1)c1cccs1. The molecule has 0 spiro atoms. The van der Waals surface area contributed by atoms with Crippen LogP contribution in [0, 0.1) is 0 Å². The quantitative estimate of drug-likeness (QED) is 0.459. The maximum Gasteiger partial charge on any atom is 0.261 e. The van der Waals surface area contributed by atoms with Crippen LogP contribution in [-0.2, 0) is 9.59 Å². The summed E-state index contributed by atoms with van der Waals surface area (Å²) in [7, 11) is 1.53. The Labute approximate surface area is 206 Å². The standard InChI is InChI=1S/C25H27N3O4S2/c1-32-19-11-5-4-10-18(19)28(22(29)16-26-24(30)21-13-7-15-34-21)23(20-12-6-14-33-20)25(31)27-17-8-2-3-9-17/h4-7,10-15,17,23H,2-3,8-9,16H2,1H3,(H,26,30)(H,27,31)/t23-/m1/s1. The molecule has 34 heavy (non-hydrogen) atoms. The Bertz CT molecular complexity index is 1110. The molecule has 1 aromatic carbocycles. The van der Waals surface area contributed by atoms with Gasteiger partial charge in [-0.25, -0.2) is 0 Å². The van der Waals surface area contributed by atoms with Gasteiger partial charge in [0.05, 0.1) is 24.2 Å². The van der Waals surface area contributed by atoms with Crippen molar-refractivity contribution in [1.82, 2.24) is 10.6 Å². The van der Waals surface area contributed by atoms with Gasteiger partial charge in [0.1, 0.15) is 11.8 Å². The number of para-hydroxylation sites is 2. The fourth-order valence-corrected chi connectivity index (χ4v) is 5.61. The van der Waals surface area contributed by atoms with Crippen molar-refractivity contribution in [2.75, 3.05) is 18.6 Å². The van der Waals surface area contributed by atoms with Crippen LogP contribution in [0.5, 0.6) is 5.75 Å². The molecular weight excluding hydrogens is 470 g/mol. The third-order valence-corrected chi connectivity index (χ3v) is 7.57. The van der Waals surface area contributed by atoms with E-state index in [9.17, 15) is 14.4 Å². The molecule has 0 unspecified atom stereocenters. The molecule has 2 aromatic heterocycles. The fraction of sp³-hybridized carbons (Fsp3) is 0.320. The van der Waals surface area contributed by atoms with E-state index in [0.29, 0.717) is 16.3 Å². The Morgan fingerprint density at radius 2 is 1.76 bits per heavy atom. The predicted molar refractivity (Wildman–Crippen MR) is 135 cm³/mol. The average molecular weight is 498 g/mol. The number of carbonyl (C=O) groups is 3. The van der Waals surface area contributed by atoms with Crippen LogP contribution < -0.4 is 20.3 Å². The Kier molecular flexibility index (Phi) is 7.97. The number of rotatable bonds is 9. The van der Waals surface area contributed by atoms with Gasteiger partial charge in [0.2, 0.25) is 11.8 Å². The van der Waals surface area contributed by atoms with E-state index in [0.717, 1.165) is 30.6 Å². The summed E-state index contributed by atoms with van der Waals surface area (Å²) in [6.45, 7) is -0.257. The van der Waals surface area contributed by atoms with E-state index in [2.05, 4.69) is 10.6 Å². The molecule has 0 radical (unpaired) electrons. The second-order valence-electron chi connectivity index (χ2n) is 8.00. The minimum absolute atomic E-state index is 0.100. The lowest BCUT2D eigenvalue weighted by Crippen LogP contribution is -2.49. The topological polar surface area (TPSA) is 87.7 Å². The van der Waals surface area contributed by atoms with Crippen molar-refractivity contribution in [2.24, 2.45) is 0 Å². The molecule has 3 aromatic rings. The number of hydrogen-bond donors (Lipinski definition) is 2. The highest BCUT2D eigenvalue weighted by Gasteiger charge is 2.36. The molecule has 1 fully saturated rings. The zero-order chi connectivity index (χ0) is 23.9. The average Bonchev–Trinajstić information content (AvgIpc) is 3.64. The highest BCUT2D eigenvalue weighted by Crippen LogP contribution is 2.36. The summed E-state index contributed by atoms with van der Waals surface area (Å²) in [5.41, 5.74) is 0.473. The number of benzene rings is 1. The van der Waals surface area contributed by atoms with Gasteiger partial charge in [-0.05, 0) is 47.9 Å². The lowest BCUT2D eigenvalue weighted by Gasteiger charge is -2.32. The third-order valence-electron chi connectivity index (χ3n) is 5.78. The second kappa shape index (κ2) is 11.3. The molecule has 0 aliphatic heterocycles. The van der Waals surface area contributed by atoms with Gasteiger partial charge in [-0.2, -0.15) is 0 Å². The first kappa shape index (κ1) is 24.0. The lowest BCUT2D eigenvalue weighted by atomic mass is 10.1. The van der Waals surface area contributed by atoms with Crippen LogP contribution in [-0.4, -0.2) is 37.4 Å². The number of anilines is 1. The summed E-state index contributed by atoms with van der Waals surface area (Å²) in [5.74, 6) is -0.505. The lowest BCUT2D eigenvalue weighted by molar-refractivity contribution is -0.126. The van der Waals surface area contributed by atoms with Crippen molar-refractivity contribution in [3.8, 4) is 5.75 Å². The molecule has 2 N–H and O–H groups in total. The summed E-state index contributed by atoms with van der Waals surface area (Å²) in [6, 6.07) is 13.5. The molecule has 1 atom stereocenters. The Hall–Kier alpha value is -3.17. The Morgan fingerprint density at radius 1 is 1.03 bits per heavy atom. The first-order chi connectivity index (χ1) is 16.6. The molecule has 0 bridgehead atoms. The van der Waals surface area contributed by atoms with E-state index >= 15 is 0 Å². The largest absolute Gasteiger partial charge is 0.495 e. The molecule has 7 nitrogen and oxygen atoms in total. The van der Waals surface area contributed by atoms with Gasteiger partial charge in [-0.15, -0.1) is 22.7 Å². The van der Waals surface area contributed by atoms with Gasteiger partial charge in [0, 0.05) is 10.9 Å². The van der Waals surface area contributed by atoms with Crippen LogP contribution >= 0.6 is 22.7 Å². The first-order valence-corrected chi connectivity index (χ1v) is 12.9. The Balaban J connectivity index is 1.67. The molecule has 178 valence electrons. The van der Waals surface area contributed by atoms with Gasteiger partial charge < -0.3 is 15.4 Å². The number of hydrogen-bond acceptors (Lipinski definition) is 6. The van der Waals surface area contributed by atoms with Crippen molar-refractivity contribution in [2.45, 2.75) is 37.8 Å². The molecule has 1 aliphatic carbocycles. The monoisotopic (exact) mass is 497 g/mol. The number of ether oxygens (including phenoxy) is 1. The summed E-state index contributed by atoms with van der Waals surface area (Å²) in [6.07, 6.45) is 4.03. The van der Waals surface area contributed by atoms with Crippen LogP contribution in [0.3, 0.4) is 0 Å². The highest BCUT2D eigenvalue weighted by molar-refractivity contribution is 7.12. The molecule has 3 amide bonds. The molecular formula is C25H27N3O4S2. The van der Waals surface area contributed by atoms with Crippen molar-refractivity contribution < 1.29 is 19.1 Å². The number of nitrogens with zero attached hydrogens (tertiary/aromatic N) is 1. The van der Waals surface area contributed by atoms with Gasteiger partial charge in [-0.1, -0.05) is 37.1 Å². The van der Waals surface area contributed by atoms with E-state index in [-0.39, 0.29) is 24.4 Å². The van der Waals surface area contributed by atoms with E-state index in [1.54, 1.807) is 35.7 Å². The van der Waals surface area contributed by atoms with E-state index in [1.807, 2.05) is 23.6 Å². The second-order valence-corrected chi connectivity index (χ2v) is 9.93. The van der Waals surface area contributed by atoms with Crippen LogP contribution in [0.2, 0.25) is 0 Å². The first-order valence-electron chi connectivity index (χ1n) is 11.2. The zero-order valence-electron chi connectivity index (χ0n) is 18.9. The minimum Gasteiger partial charge on any atom is -0.495 e. The number of carbonyl (C=O) groups excluding carboxylic acids is 3. The van der Waals surface area contributed by atoms with Crippen molar-refractivity contribution in [1.29, 1.82) is 0 Å². The maximum absolute atomic E-state index is 13.6. The van der Waals surface area contributed by atoms with Crippen LogP contribution in [0.1, 0.15) is 46.3 Å². The highest BCUT2D eigenvalue weighted by atomic mass is 32.1. The van der Waals surface area contributed by atoms with E-state index < -0.39 is 11.9 Å². The van der Waals surface area contributed by atoms with Crippen LogP contribution in [0.25, 0.3) is 0 Å². The minimum atomic E-state index is -0.886. The normalized spacial score (nSPS) is 14.4. The van der Waals surface area contributed by atoms with Crippen molar-refractivity contribution in [3.05, 3.63) is 69.0 Å². The van der Waals surface area contributed by atoms with E-state index in [1.165, 1.54) is 34.7 Å². The Morgan fingerprint density at radius 3 is 2.44 bits per heavy atom. The fourth-order valence-electron chi connectivity index (χ4n) is 4.15. The van der Waals surface area contributed by atoms with Gasteiger partial charge in [0.25, 0.3) is 5.91 Å². The summed E-state index contributed by atoms with van der Waals surface area (Å²) < 4.78 is 5.53. The molecule has 0 saturated heterocycles. The smallest absolute Gasteiger partial charge is 0.261 e. The number of methoxy groups -OCH3 is 1. The summed E-state index contributed by atoms with van der Waals surface area (Å²) in [5, 5.41) is 9.53. The summed E-state index contributed by atoms with van der Waals surface area (Å²) in [4.78, 5) is 42.4. The van der Waals surface area contributed by atoms with Crippen LogP contribution in [0.4, 0.5) is 5.69 Å². The number of amides is 3. The zero-order valence-corrected chi connectivity index (χ0v) is 20.5. The van der Waals surface area contributed by atoms with E-state index in [4.69, 9.17) is 4.74 Å². The number of thiophene rings is 2. The summed E-state index contributed by atoms with van der Waals surface area (Å²) >= 11 is 2.71. The predicted octanol–water partition coefficient (Wildman–Crippen LogP) is 4.38. The van der Waals surface area contributed by atoms with Gasteiger partial charge in [-0.3, -0.25) is 19.3 Å². The van der Waals surface area contributed by atoms with Crippen molar-refractivity contribution >= 4 is 46.1 Å². The van der Waals surface area contributed by atoms with Crippen LogP contribution in [0.15, 0.2) is 59.3 Å². The third kappa shape index (κ3) is 5.48. The number of nitrogens with one attached hydrogen (secondary N) is 2. The van der Waals surface area contributed by atoms with Gasteiger partial charge >= 0.3 is 0 Å². The molecule has 9 heteroatoms.